The first-order valence-electron chi connectivity index (χ1n) is 12.6. The SMILES string of the molecule is C=C(C=C1C(=O)N(c2ccccc2)C1c1ccccc1)NOCCCN(CCCC)CCCC. The lowest BCUT2D eigenvalue weighted by molar-refractivity contribution is -0.119. The van der Waals surface area contributed by atoms with Crippen molar-refractivity contribution >= 4 is 11.6 Å². The number of β-lactam (4-membered cyclic amide) rings is 1. The monoisotopic (exact) mass is 461 g/mol. The van der Waals surface area contributed by atoms with E-state index in [2.05, 4.69) is 42.9 Å². The van der Waals surface area contributed by atoms with Crippen molar-refractivity contribution in [2.75, 3.05) is 31.1 Å². The number of allylic oxidation sites excluding steroid dienone is 1. The zero-order valence-electron chi connectivity index (χ0n) is 20.7. The van der Waals surface area contributed by atoms with E-state index in [-0.39, 0.29) is 11.9 Å². The number of hydroxylamine groups is 1. The average Bonchev–Trinajstić information content (AvgIpc) is 2.87. The third-order valence-corrected chi connectivity index (χ3v) is 6.08. The fraction of sp³-hybridized carbons (Fsp3) is 0.414. The molecule has 0 saturated carbocycles. The molecule has 1 aliphatic rings. The summed E-state index contributed by atoms with van der Waals surface area (Å²) in [6.45, 7) is 12.5. The van der Waals surface area contributed by atoms with Crippen molar-refractivity contribution in [2.24, 2.45) is 0 Å². The number of amides is 1. The predicted octanol–water partition coefficient (Wildman–Crippen LogP) is 6.03. The molecule has 1 amide bonds. The van der Waals surface area contributed by atoms with Crippen molar-refractivity contribution in [3.63, 3.8) is 0 Å². The highest BCUT2D eigenvalue weighted by atomic mass is 16.6. The van der Waals surface area contributed by atoms with Crippen LogP contribution in [0, 0.1) is 0 Å². The lowest BCUT2D eigenvalue weighted by Crippen LogP contribution is -2.49. The minimum Gasteiger partial charge on any atom is -0.303 e. The number of carbonyl (C=O) groups is 1. The lowest BCUT2D eigenvalue weighted by Gasteiger charge is -2.43. The molecule has 0 aliphatic carbocycles. The highest BCUT2D eigenvalue weighted by Crippen LogP contribution is 2.43. The Morgan fingerprint density at radius 3 is 2.18 bits per heavy atom. The van der Waals surface area contributed by atoms with Gasteiger partial charge in [0.2, 0.25) is 0 Å². The van der Waals surface area contributed by atoms with E-state index in [0.29, 0.717) is 17.9 Å². The van der Waals surface area contributed by atoms with Crippen LogP contribution in [0.2, 0.25) is 0 Å². The van der Waals surface area contributed by atoms with Crippen LogP contribution >= 0.6 is 0 Å². The molecule has 1 heterocycles. The molecule has 1 unspecified atom stereocenters. The molecule has 182 valence electrons. The number of para-hydroxylation sites is 1. The quantitative estimate of drug-likeness (QED) is 0.152. The molecule has 0 radical (unpaired) electrons. The minimum absolute atomic E-state index is 0.00880. The summed E-state index contributed by atoms with van der Waals surface area (Å²) in [5, 5.41) is 0. The summed E-state index contributed by atoms with van der Waals surface area (Å²) in [4.78, 5) is 23.1. The largest absolute Gasteiger partial charge is 0.303 e. The number of benzene rings is 2. The van der Waals surface area contributed by atoms with Crippen molar-refractivity contribution in [2.45, 2.75) is 52.0 Å². The summed E-state index contributed by atoms with van der Waals surface area (Å²) >= 11 is 0. The van der Waals surface area contributed by atoms with E-state index in [1.807, 2.05) is 59.5 Å². The van der Waals surface area contributed by atoms with Crippen LogP contribution in [0.1, 0.15) is 57.6 Å². The molecule has 0 bridgehead atoms. The standard InChI is InChI=1S/C29H39N3O2/c1-4-6-19-31(20-7-5-2)21-14-22-34-30-24(3)23-27-28(25-15-10-8-11-16-25)32(29(27)33)26-17-12-9-13-18-26/h8-13,15-18,23,28,30H,3-7,14,19-22H2,1-2H3. The molecule has 1 saturated heterocycles. The Morgan fingerprint density at radius 2 is 1.56 bits per heavy atom. The summed E-state index contributed by atoms with van der Waals surface area (Å²) in [6.07, 6.45) is 7.69. The van der Waals surface area contributed by atoms with Gasteiger partial charge in [0, 0.05) is 17.8 Å². The van der Waals surface area contributed by atoms with E-state index >= 15 is 0 Å². The summed E-state index contributed by atoms with van der Waals surface area (Å²) < 4.78 is 0. The zero-order chi connectivity index (χ0) is 24.2. The molecule has 1 fully saturated rings. The van der Waals surface area contributed by atoms with Gasteiger partial charge in [0.25, 0.3) is 5.91 Å². The van der Waals surface area contributed by atoms with E-state index in [1.165, 1.54) is 25.7 Å². The van der Waals surface area contributed by atoms with Gasteiger partial charge in [-0.3, -0.25) is 20.0 Å². The Balaban J connectivity index is 1.54. The second-order valence-corrected chi connectivity index (χ2v) is 8.80. The Labute approximate surface area is 205 Å². The molecule has 3 rings (SSSR count). The van der Waals surface area contributed by atoms with Crippen molar-refractivity contribution in [1.29, 1.82) is 0 Å². The van der Waals surface area contributed by atoms with Crippen LogP contribution in [0.25, 0.3) is 0 Å². The van der Waals surface area contributed by atoms with E-state index in [4.69, 9.17) is 4.84 Å². The van der Waals surface area contributed by atoms with Crippen molar-refractivity contribution < 1.29 is 9.63 Å². The van der Waals surface area contributed by atoms with E-state index in [1.54, 1.807) is 0 Å². The highest BCUT2D eigenvalue weighted by molar-refractivity contribution is 6.15. The topological polar surface area (TPSA) is 44.8 Å². The molecular formula is C29H39N3O2. The summed E-state index contributed by atoms with van der Waals surface area (Å²) in [5.41, 5.74) is 6.19. The van der Waals surface area contributed by atoms with Gasteiger partial charge in [0.15, 0.2) is 0 Å². The Kier molecular flexibility index (Phi) is 10.4. The fourth-order valence-corrected chi connectivity index (χ4v) is 4.23. The molecule has 1 atom stereocenters. The van der Waals surface area contributed by atoms with Gasteiger partial charge in [-0.05, 0) is 56.1 Å². The number of carbonyl (C=O) groups excluding carboxylic acids is 1. The molecule has 2 aromatic rings. The molecular weight excluding hydrogens is 422 g/mol. The maximum absolute atomic E-state index is 13.0. The first kappa shape index (κ1) is 25.7. The summed E-state index contributed by atoms with van der Waals surface area (Å²) in [7, 11) is 0. The normalized spacial score (nSPS) is 16.7. The number of nitrogens with zero attached hydrogens (tertiary/aromatic N) is 2. The molecule has 1 N–H and O–H groups in total. The third-order valence-electron chi connectivity index (χ3n) is 6.08. The van der Waals surface area contributed by atoms with Gasteiger partial charge < -0.3 is 4.90 Å². The van der Waals surface area contributed by atoms with Crippen LogP contribution < -0.4 is 10.4 Å². The molecule has 5 heteroatoms. The molecule has 0 spiro atoms. The van der Waals surface area contributed by atoms with Crippen LogP contribution in [0.4, 0.5) is 5.69 Å². The van der Waals surface area contributed by atoms with Crippen molar-refractivity contribution in [1.82, 2.24) is 10.4 Å². The van der Waals surface area contributed by atoms with E-state index in [0.717, 1.165) is 37.3 Å². The Hall–Kier alpha value is -2.89. The Morgan fingerprint density at radius 1 is 0.971 bits per heavy atom. The maximum atomic E-state index is 13.0. The smallest absolute Gasteiger partial charge is 0.257 e. The number of rotatable bonds is 15. The molecule has 34 heavy (non-hydrogen) atoms. The van der Waals surface area contributed by atoms with Gasteiger partial charge >= 0.3 is 0 Å². The second-order valence-electron chi connectivity index (χ2n) is 8.80. The summed E-state index contributed by atoms with van der Waals surface area (Å²) in [5.74, 6) is -0.00880. The van der Waals surface area contributed by atoms with Crippen LogP contribution in [-0.4, -0.2) is 37.0 Å². The number of unbranched alkanes of at least 4 members (excludes halogenated alkanes) is 2. The van der Waals surface area contributed by atoms with Gasteiger partial charge in [-0.2, -0.15) is 0 Å². The second kappa shape index (κ2) is 13.7. The highest BCUT2D eigenvalue weighted by Gasteiger charge is 2.43. The third kappa shape index (κ3) is 7.05. The summed E-state index contributed by atoms with van der Waals surface area (Å²) in [6, 6.07) is 19.7. The Bertz CT molecular complexity index is 919. The van der Waals surface area contributed by atoms with Crippen molar-refractivity contribution in [3.8, 4) is 0 Å². The molecule has 5 nitrogen and oxygen atoms in total. The predicted molar refractivity (Wildman–Crippen MR) is 140 cm³/mol. The first-order chi connectivity index (χ1) is 16.7. The number of hydrogen-bond donors (Lipinski definition) is 1. The molecule has 1 aliphatic heterocycles. The maximum Gasteiger partial charge on any atom is 0.257 e. The van der Waals surface area contributed by atoms with Crippen molar-refractivity contribution in [3.05, 3.63) is 90.2 Å². The number of hydrogen-bond acceptors (Lipinski definition) is 4. The van der Waals surface area contributed by atoms with Gasteiger partial charge in [0.05, 0.1) is 18.3 Å². The van der Waals surface area contributed by atoms with Crippen LogP contribution in [-0.2, 0) is 9.63 Å². The lowest BCUT2D eigenvalue weighted by atomic mass is 9.86. The van der Waals surface area contributed by atoms with Crippen LogP contribution in [0.15, 0.2) is 84.6 Å². The van der Waals surface area contributed by atoms with Crippen LogP contribution in [0.3, 0.4) is 0 Å². The minimum atomic E-state index is -0.139. The van der Waals surface area contributed by atoms with Gasteiger partial charge in [-0.15, -0.1) is 0 Å². The van der Waals surface area contributed by atoms with Gasteiger partial charge in [-0.25, -0.2) is 0 Å². The van der Waals surface area contributed by atoms with E-state index in [9.17, 15) is 4.79 Å². The number of anilines is 1. The fourth-order valence-electron chi connectivity index (χ4n) is 4.23. The average molecular weight is 462 g/mol. The number of nitrogens with one attached hydrogen (secondary N) is 1. The van der Waals surface area contributed by atoms with E-state index < -0.39 is 0 Å². The van der Waals surface area contributed by atoms with Crippen LogP contribution in [0.5, 0.6) is 0 Å². The van der Waals surface area contributed by atoms with Gasteiger partial charge in [-0.1, -0.05) is 81.8 Å². The zero-order valence-corrected chi connectivity index (χ0v) is 20.7. The molecule has 0 aromatic heterocycles. The molecule has 2 aromatic carbocycles. The first-order valence-corrected chi connectivity index (χ1v) is 12.6. The van der Waals surface area contributed by atoms with Gasteiger partial charge in [0.1, 0.15) is 0 Å².